The average molecular weight is 496 g/mol. The van der Waals surface area contributed by atoms with E-state index in [9.17, 15) is 8.42 Å². The molecule has 0 aliphatic rings. The molecule has 3 aromatic rings. The molecule has 0 aliphatic heterocycles. The lowest BCUT2D eigenvalue weighted by molar-refractivity contribution is -0.668. The Labute approximate surface area is 175 Å². The summed E-state index contributed by atoms with van der Waals surface area (Å²) in [5.41, 5.74) is 0. The number of halogens is 4. The standard InChI is InChI=1S/C16H11BrCl2N3O2S.ClH/c17-15-10-13(19)11-20-16(15)22(21-8-2-1-3-9-21)25(23,24)14-6-4-12(18)5-7-14;/h1-11H;1H/q+1;/p-1. The first-order valence-electron chi connectivity index (χ1n) is 6.98. The van der Waals surface area contributed by atoms with Crippen molar-refractivity contribution >= 4 is 55.0 Å². The van der Waals surface area contributed by atoms with E-state index in [1.54, 1.807) is 36.7 Å². The molecule has 0 bridgehead atoms. The summed E-state index contributed by atoms with van der Waals surface area (Å²) in [6.07, 6.45) is 4.60. The molecule has 0 fully saturated rings. The maximum atomic E-state index is 13.2. The lowest BCUT2D eigenvalue weighted by Gasteiger charge is -2.17. The minimum Gasteiger partial charge on any atom is -1.00 e. The van der Waals surface area contributed by atoms with Gasteiger partial charge in [-0.2, -0.15) is 8.42 Å². The van der Waals surface area contributed by atoms with Gasteiger partial charge in [0.1, 0.15) is 0 Å². The Hall–Kier alpha value is -1.38. The second kappa shape index (κ2) is 8.54. The van der Waals surface area contributed by atoms with Gasteiger partial charge in [0, 0.05) is 23.4 Å². The monoisotopic (exact) mass is 493 g/mol. The third kappa shape index (κ3) is 4.29. The van der Waals surface area contributed by atoms with Crippen molar-refractivity contribution in [2.75, 3.05) is 4.41 Å². The second-order valence-corrected chi connectivity index (χ2v) is 8.41. The van der Waals surface area contributed by atoms with Crippen LogP contribution in [-0.4, -0.2) is 13.4 Å². The van der Waals surface area contributed by atoms with Gasteiger partial charge in [0.15, 0.2) is 0 Å². The van der Waals surface area contributed by atoms with Gasteiger partial charge in [0.25, 0.3) is 0 Å². The molecule has 0 aliphatic carbocycles. The van der Waals surface area contributed by atoms with Gasteiger partial charge < -0.3 is 12.4 Å². The van der Waals surface area contributed by atoms with Crippen molar-refractivity contribution in [3.63, 3.8) is 0 Å². The number of hydrogen-bond acceptors (Lipinski definition) is 3. The third-order valence-corrected chi connectivity index (χ3v) is 5.95. The summed E-state index contributed by atoms with van der Waals surface area (Å²) < 4.78 is 29.4. The van der Waals surface area contributed by atoms with Gasteiger partial charge in [-0.05, 0) is 50.7 Å². The smallest absolute Gasteiger partial charge is 0.315 e. The van der Waals surface area contributed by atoms with E-state index >= 15 is 0 Å². The molecule has 0 unspecified atom stereocenters. The van der Waals surface area contributed by atoms with E-state index in [-0.39, 0.29) is 23.1 Å². The van der Waals surface area contributed by atoms with Crippen molar-refractivity contribution in [2.45, 2.75) is 4.90 Å². The van der Waals surface area contributed by atoms with Crippen molar-refractivity contribution in [3.8, 4) is 0 Å². The van der Waals surface area contributed by atoms with Crippen LogP contribution < -0.4 is 21.5 Å². The summed E-state index contributed by atoms with van der Waals surface area (Å²) in [7, 11) is -3.96. The molecular formula is C16H11BrCl3N3O2S. The number of hydrogen-bond donors (Lipinski definition) is 0. The fourth-order valence-electron chi connectivity index (χ4n) is 2.11. The van der Waals surface area contributed by atoms with Gasteiger partial charge in [-0.1, -0.05) is 33.9 Å². The van der Waals surface area contributed by atoms with E-state index in [4.69, 9.17) is 23.2 Å². The fourth-order valence-corrected chi connectivity index (χ4v) is 4.57. The summed E-state index contributed by atoms with van der Waals surface area (Å²) in [5, 5.41) is 0.834. The first-order chi connectivity index (χ1) is 11.9. The van der Waals surface area contributed by atoms with Crippen LogP contribution in [0.15, 0.2) is 76.5 Å². The summed E-state index contributed by atoms with van der Waals surface area (Å²) in [4.78, 5) is 4.27. The Morgan fingerprint density at radius 1 is 1.00 bits per heavy atom. The van der Waals surface area contributed by atoms with Gasteiger partial charge in [-0.15, -0.1) is 0 Å². The van der Waals surface area contributed by atoms with Crippen LogP contribution >= 0.6 is 39.1 Å². The normalized spacial score (nSPS) is 10.9. The number of aromatic nitrogens is 2. The molecule has 2 aromatic heterocycles. The molecule has 1 aromatic carbocycles. The number of anilines is 1. The maximum absolute atomic E-state index is 13.2. The first-order valence-corrected chi connectivity index (χ1v) is 9.97. The third-order valence-electron chi connectivity index (χ3n) is 3.22. The molecule has 0 atom stereocenters. The van der Waals surface area contributed by atoms with E-state index < -0.39 is 10.0 Å². The highest BCUT2D eigenvalue weighted by Gasteiger charge is 2.35. The van der Waals surface area contributed by atoms with Crippen LogP contribution in [0.5, 0.6) is 0 Å². The molecule has 2 heterocycles. The van der Waals surface area contributed by atoms with E-state index in [1.165, 1.54) is 35.1 Å². The highest BCUT2D eigenvalue weighted by atomic mass is 79.9. The molecule has 3 rings (SSSR count). The van der Waals surface area contributed by atoms with Crippen LogP contribution in [0.3, 0.4) is 0 Å². The Morgan fingerprint density at radius 2 is 1.62 bits per heavy atom. The van der Waals surface area contributed by atoms with Gasteiger partial charge in [0.2, 0.25) is 18.2 Å². The largest absolute Gasteiger partial charge is 1.00 e. The van der Waals surface area contributed by atoms with Gasteiger partial charge in [0.05, 0.1) is 14.4 Å². The number of rotatable bonds is 4. The van der Waals surface area contributed by atoms with Crippen LogP contribution in [0.4, 0.5) is 5.82 Å². The maximum Gasteiger partial charge on any atom is 0.315 e. The van der Waals surface area contributed by atoms with Crippen molar-refractivity contribution in [2.24, 2.45) is 0 Å². The summed E-state index contributed by atoms with van der Waals surface area (Å²) >= 11 is 15.1. The topological polar surface area (TPSA) is 54.2 Å². The first kappa shape index (κ1) is 20.9. The van der Waals surface area contributed by atoms with Gasteiger partial charge in [-0.3, -0.25) is 0 Å². The lowest BCUT2D eigenvalue weighted by Crippen LogP contribution is -3.00. The Balaban J connectivity index is 0.00000243. The number of pyridine rings is 2. The highest BCUT2D eigenvalue weighted by Crippen LogP contribution is 2.29. The fraction of sp³-hybridized carbons (Fsp3) is 0. The zero-order chi connectivity index (χ0) is 18.0. The SMILES string of the molecule is O=S(=O)(c1ccc(Cl)cc1)N(c1ncc(Cl)cc1Br)[n+]1ccccc1.[Cl-]. The zero-order valence-electron chi connectivity index (χ0n) is 12.9. The summed E-state index contributed by atoms with van der Waals surface area (Å²) in [6.45, 7) is 0. The summed E-state index contributed by atoms with van der Waals surface area (Å²) in [5.74, 6) is 0.176. The van der Waals surface area contributed by atoms with E-state index in [0.29, 0.717) is 14.5 Å². The molecule has 0 amide bonds. The molecule has 0 N–H and O–H groups in total. The highest BCUT2D eigenvalue weighted by molar-refractivity contribution is 9.10. The molecule has 0 spiro atoms. The van der Waals surface area contributed by atoms with E-state index in [2.05, 4.69) is 20.9 Å². The molecule has 136 valence electrons. The minimum absolute atomic E-state index is 0. The number of sulfonamides is 1. The minimum atomic E-state index is -3.96. The van der Waals surface area contributed by atoms with Crippen molar-refractivity contribution in [1.29, 1.82) is 0 Å². The van der Waals surface area contributed by atoms with Crippen LogP contribution in [0.25, 0.3) is 0 Å². The lowest BCUT2D eigenvalue weighted by atomic mass is 10.4. The van der Waals surface area contributed by atoms with Gasteiger partial charge >= 0.3 is 10.0 Å². The van der Waals surface area contributed by atoms with E-state index in [0.717, 1.165) is 4.41 Å². The average Bonchev–Trinajstić information content (AvgIpc) is 2.58. The molecule has 0 saturated carbocycles. The molecule has 10 heteroatoms. The molecule has 5 nitrogen and oxygen atoms in total. The van der Waals surface area contributed by atoms with Crippen LogP contribution in [0.2, 0.25) is 10.0 Å². The molecule has 0 saturated heterocycles. The van der Waals surface area contributed by atoms with E-state index in [1.807, 2.05) is 0 Å². The second-order valence-electron chi connectivity index (χ2n) is 4.92. The number of benzene rings is 1. The van der Waals surface area contributed by atoms with Crippen molar-refractivity contribution in [3.05, 3.63) is 81.6 Å². The zero-order valence-corrected chi connectivity index (χ0v) is 17.6. The Bertz CT molecular complexity index is 1000. The van der Waals surface area contributed by atoms with Crippen molar-refractivity contribution < 1.29 is 25.5 Å². The Kier molecular flexibility index (Phi) is 6.87. The summed E-state index contributed by atoms with van der Waals surface area (Å²) in [6, 6.07) is 12.7. The predicted molar refractivity (Wildman–Crippen MR) is 100 cm³/mol. The predicted octanol–water partition coefficient (Wildman–Crippen LogP) is 1.10. The molecule has 26 heavy (non-hydrogen) atoms. The quantitative estimate of drug-likeness (QED) is 0.510. The van der Waals surface area contributed by atoms with Crippen LogP contribution in [0.1, 0.15) is 0 Å². The Morgan fingerprint density at radius 3 is 2.19 bits per heavy atom. The van der Waals surface area contributed by atoms with Crippen LogP contribution in [-0.2, 0) is 10.0 Å². The van der Waals surface area contributed by atoms with Crippen molar-refractivity contribution in [1.82, 2.24) is 4.98 Å². The van der Waals surface area contributed by atoms with Gasteiger partial charge in [-0.25, -0.2) is 4.98 Å². The molecule has 0 radical (unpaired) electrons. The van der Waals surface area contributed by atoms with Crippen LogP contribution in [0, 0.1) is 0 Å². The molecular weight excluding hydrogens is 485 g/mol. The number of nitrogens with zero attached hydrogens (tertiary/aromatic N) is 3.